The van der Waals surface area contributed by atoms with Gasteiger partial charge in [0.15, 0.2) is 5.78 Å². The van der Waals surface area contributed by atoms with Crippen molar-refractivity contribution in [3.05, 3.63) is 76.9 Å². The summed E-state index contributed by atoms with van der Waals surface area (Å²) >= 11 is 10.6. The van der Waals surface area contributed by atoms with E-state index in [0.29, 0.717) is 22.6 Å². The first-order chi connectivity index (χ1) is 21.5. The van der Waals surface area contributed by atoms with Gasteiger partial charge in [-0.15, -0.1) is 79.9 Å². The topological polar surface area (TPSA) is 57.7 Å². The number of amides is 2. The maximum Gasteiger partial charge on any atom is 0.258 e. The van der Waals surface area contributed by atoms with E-state index < -0.39 is 0 Å². The summed E-state index contributed by atoms with van der Waals surface area (Å²) in [5.74, 6) is 4.66. The molecule has 5 heterocycles. The molecule has 1 spiro atoms. The van der Waals surface area contributed by atoms with Crippen molar-refractivity contribution >= 4 is 137 Å². The van der Waals surface area contributed by atoms with Crippen LogP contribution in [-0.2, 0) is 9.67 Å². The molecular weight excluding hydrogens is 788 g/mol. The molecule has 2 aromatic carbocycles. The molecule has 242 valence electrons. The predicted molar refractivity (Wildman–Crippen MR) is 227 cm³/mol. The molecular formula is C28H38N2O3P8S4. The first kappa shape index (κ1) is 37.9. The van der Waals surface area contributed by atoms with Crippen molar-refractivity contribution in [2.45, 2.75) is 28.2 Å². The second-order valence-electron chi connectivity index (χ2n) is 10.7. The van der Waals surface area contributed by atoms with Gasteiger partial charge in [0.25, 0.3) is 11.8 Å². The molecule has 2 aromatic rings. The zero-order valence-electron chi connectivity index (χ0n) is 24.6. The molecule has 5 aliphatic rings. The largest absolute Gasteiger partial charge is 0.320 e. The van der Waals surface area contributed by atoms with Gasteiger partial charge < -0.3 is 9.80 Å². The highest BCUT2D eigenvalue weighted by atomic mass is 33.1. The van der Waals surface area contributed by atoms with E-state index in [1.54, 1.807) is 17.0 Å². The number of piperidine rings is 1. The summed E-state index contributed by atoms with van der Waals surface area (Å²) < 4.78 is 0.303. The van der Waals surface area contributed by atoms with Gasteiger partial charge in [0.2, 0.25) is 0 Å². The number of carbonyl (C=O) groups excluding carboxylic acids is 3. The van der Waals surface area contributed by atoms with Crippen LogP contribution < -0.4 is 0 Å². The average Bonchev–Trinajstić information content (AvgIpc) is 3.68. The Balaban J connectivity index is 0.000000150. The first-order valence-electron chi connectivity index (χ1n) is 14.3. The van der Waals surface area contributed by atoms with Crippen LogP contribution in [0.25, 0.3) is 5.70 Å². The number of nitrogens with zero attached hydrogens (tertiary/aromatic N) is 2. The fourth-order valence-electron chi connectivity index (χ4n) is 6.07. The van der Waals surface area contributed by atoms with E-state index in [-0.39, 0.29) is 43.4 Å². The third-order valence-electron chi connectivity index (χ3n) is 8.05. The SMILES string of the molecule is O=C1C=C2c3ccccc3C(=O)N2CC1.O=C1c2ccccc2C2(SCCS)CC3(CCN12)SCCS3.PP(P)P(P)P(P)P. The van der Waals surface area contributed by atoms with E-state index in [9.17, 15) is 14.4 Å². The van der Waals surface area contributed by atoms with Gasteiger partial charge in [-0.3, -0.25) is 14.4 Å². The molecule has 2 saturated heterocycles. The van der Waals surface area contributed by atoms with E-state index in [1.165, 1.54) is 17.1 Å². The molecule has 45 heavy (non-hydrogen) atoms. The summed E-state index contributed by atoms with van der Waals surface area (Å²) in [6, 6.07) is 15.7. The van der Waals surface area contributed by atoms with Crippen molar-refractivity contribution in [3.63, 3.8) is 0 Å². The van der Waals surface area contributed by atoms with E-state index in [4.69, 9.17) is 0 Å². The third-order valence-corrected chi connectivity index (χ3v) is 51.4. The normalized spacial score (nSPS) is 22.5. The molecule has 0 bridgehead atoms. The number of hydrogen-bond donors (Lipinski definition) is 1. The van der Waals surface area contributed by atoms with Crippen LogP contribution in [0.2, 0.25) is 0 Å². The smallest absolute Gasteiger partial charge is 0.258 e. The van der Waals surface area contributed by atoms with Crippen LogP contribution in [0.3, 0.4) is 0 Å². The Morgan fingerprint density at radius 3 is 2.09 bits per heavy atom. The summed E-state index contributed by atoms with van der Waals surface area (Å²) in [4.78, 5) is 39.8. The lowest BCUT2D eigenvalue weighted by molar-refractivity contribution is -0.115. The molecule has 5 aliphatic heterocycles. The maximum atomic E-state index is 12.9. The fraction of sp³-hybridized carbons (Fsp3) is 0.393. The second kappa shape index (κ2) is 16.8. The number of carbonyl (C=O) groups is 3. The lowest BCUT2D eigenvalue weighted by atomic mass is 9.95. The van der Waals surface area contributed by atoms with Crippen LogP contribution in [0.15, 0.2) is 54.6 Å². The summed E-state index contributed by atoms with van der Waals surface area (Å²) in [7, 11) is 14.4. The molecule has 2 fully saturated rings. The van der Waals surface area contributed by atoms with Crippen molar-refractivity contribution in [3.8, 4) is 0 Å². The van der Waals surface area contributed by atoms with Crippen LogP contribution in [0.1, 0.15) is 51.1 Å². The summed E-state index contributed by atoms with van der Waals surface area (Å²) in [5, 5.41) is 0. The lowest BCUT2D eigenvalue weighted by Gasteiger charge is -2.49. The van der Waals surface area contributed by atoms with Crippen molar-refractivity contribution in [1.82, 2.24) is 9.80 Å². The Kier molecular flexibility index (Phi) is 14.1. The molecule has 7 rings (SSSR count). The van der Waals surface area contributed by atoms with Crippen molar-refractivity contribution < 1.29 is 14.4 Å². The maximum absolute atomic E-state index is 12.9. The number of ketones is 1. The molecule has 0 N–H and O–H groups in total. The molecule has 0 aliphatic carbocycles. The van der Waals surface area contributed by atoms with Crippen molar-refractivity contribution in [1.29, 1.82) is 0 Å². The van der Waals surface area contributed by atoms with Gasteiger partial charge in [0.1, 0.15) is 4.87 Å². The molecule has 2 amide bonds. The van der Waals surface area contributed by atoms with Crippen LogP contribution in [-0.4, -0.2) is 67.6 Å². The number of fused-ring (bicyclic) bond motifs is 6. The van der Waals surface area contributed by atoms with E-state index in [1.807, 2.05) is 42.1 Å². The van der Waals surface area contributed by atoms with Crippen LogP contribution >= 0.6 is 114 Å². The van der Waals surface area contributed by atoms with Gasteiger partial charge in [-0.2, -0.15) is 12.6 Å². The molecule has 17 heteroatoms. The zero-order chi connectivity index (χ0) is 32.4. The minimum atomic E-state index is -0.168. The monoisotopic (exact) mass is 826 g/mol. The highest BCUT2D eigenvalue weighted by Crippen LogP contribution is 3.00. The Labute approximate surface area is 300 Å². The number of benzene rings is 2. The van der Waals surface area contributed by atoms with Crippen LogP contribution in [0.4, 0.5) is 0 Å². The van der Waals surface area contributed by atoms with Gasteiger partial charge in [-0.25, -0.2) is 0 Å². The Hall–Kier alpha value is 1.63. The van der Waals surface area contributed by atoms with Crippen molar-refractivity contribution in [2.75, 3.05) is 36.1 Å². The quantitative estimate of drug-likeness (QED) is 0.240. The molecule has 0 radical (unpaired) electrons. The molecule has 6 atom stereocenters. The summed E-state index contributed by atoms with van der Waals surface area (Å²) in [6.45, 7) is 1.89. The number of thiol groups is 1. The highest BCUT2D eigenvalue weighted by Gasteiger charge is 2.58. The summed E-state index contributed by atoms with van der Waals surface area (Å²) in [6.07, 6.45) is 4.19. The van der Waals surface area contributed by atoms with Gasteiger partial charge >= 0.3 is 0 Å². The number of hydrogen-bond acceptors (Lipinski definition) is 7. The fourth-order valence-corrected chi connectivity index (χ4v) is 40.2. The molecule has 5 nitrogen and oxygen atoms in total. The minimum absolute atomic E-state index is 0.0179. The predicted octanol–water partition coefficient (Wildman–Crippen LogP) is 9.60. The summed E-state index contributed by atoms with van der Waals surface area (Å²) in [5.41, 5.74) is 4.51. The minimum Gasteiger partial charge on any atom is -0.320 e. The Morgan fingerprint density at radius 2 is 1.47 bits per heavy atom. The second-order valence-corrected chi connectivity index (χ2v) is 43.8. The molecule has 6 unspecified atom stereocenters. The van der Waals surface area contributed by atoms with Gasteiger partial charge in [-0.05, 0) is 45.3 Å². The van der Waals surface area contributed by atoms with Crippen LogP contribution in [0.5, 0.6) is 0 Å². The van der Waals surface area contributed by atoms with Crippen molar-refractivity contribution in [2.24, 2.45) is 0 Å². The lowest BCUT2D eigenvalue weighted by Crippen LogP contribution is -2.51. The van der Waals surface area contributed by atoms with E-state index in [2.05, 4.69) is 97.8 Å². The van der Waals surface area contributed by atoms with Gasteiger partial charge in [0.05, 0.1) is 9.78 Å². The molecule has 0 saturated carbocycles. The first-order valence-corrected chi connectivity index (χ1v) is 31.4. The average molecular weight is 827 g/mol. The number of thioether (sulfide) groups is 3. The van der Waals surface area contributed by atoms with Gasteiger partial charge in [0, 0.05) is 71.5 Å². The molecule has 0 aromatic heterocycles. The van der Waals surface area contributed by atoms with E-state index >= 15 is 0 Å². The van der Waals surface area contributed by atoms with Gasteiger partial charge in [-0.1, -0.05) is 36.4 Å². The Morgan fingerprint density at radius 1 is 0.844 bits per heavy atom. The van der Waals surface area contributed by atoms with Crippen LogP contribution in [0, 0.1) is 0 Å². The standard InChI is InChI=1S/C16H19NOS4.C12H9NO2.H10P8/c18-14-12-3-1-2-4-13(12)16(22-8-7-19)11-15(5-6-17(14)16)20-9-10-21-15;14-8-5-6-13-11(7-8)9-3-1-2-4-10(9)12(13)15;1-6(2)8(5)7(3)4/h1-4,19H,5-11H2;1-4,7H,5-6H2;1-5H2. The third kappa shape index (κ3) is 8.25. The Bertz CT molecular complexity index is 1470. The highest BCUT2D eigenvalue weighted by molar-refractivity contribution is 9.06. The number of rotatable bonds is 5. The number of allylic oxidation sites excluding steroid dienone is 1. The zero-order valence-corrected chi connectivity index (χ0v) is 36.4. The van der Waals surface area contributed by atoms with E-state index in [0.717, 1.165) is 47.7 Å².